The van der Waals surface area contributed by atoms with Crippen molar-refractivity contribution in [1.29, 1.82) is 0 Å². The van der Waals surface area contributed by atoms with Crippen molar-refractivity contribution in [3.05, 3.63) is 58.9 Å². The van der Waals surface area contributed by atoms with Gasteiger partial charge in [-0.25, -0.2) is 4.98 Å². The maximum absolute atomic E-state index is 13.2. The highest BCUT2D eigenvalue weighted by atomic mass is 32.2. The molecule has 2 aromatic carbocycles. The first-order valence-corrected chi connectivity index (χ1v) is 11.3. The van der Waals surface area contributed by atoms with Gasteiger partial charge in [-0.3, -0.25) is 14.2 Å². The van der Waals surface area contributed by atoms with Gasteiger partial charge >= 0.3 is 0 Å². The Morgan fingerprint density at radius 1 is 1.17 bits per heavy atom. The summed E-state index contributed by atoms with van der Waals surface area (Å²) in [7, 11) is 0. The number of carbonyl (C=O) groups excluding carboxylic acids is 1. The lowest BCUT2D eigenvalue weighted by molar-refractivity contribution is -0.113. The Labute approximate surface area is 179 Å². The first kappa shape index (κ1) is 20.5. The third-order valence-electron chi connectivity index (χ3n) is 5.26. The number of anilines is 1. The second-order valence-electron chi connectivity index (χ2n) is 7.29. The molecule has 0 bridgehead atoms. The van der Waals surface area contributed by atoms with Crippen LogP contribution in [0.3, 0.4) is 0 Å². The number of thioether (sulfide) groups is 1. The molecule has 30 heavy (non-hydrogen) atoms. The molecule has 1 N–H and O–H groups in total. The number of hydrogen-bond acceptors (Lipinski definition) is 5. The molecule has 7 heteroatoms. The van der Waals surface area contributed by atoms with Crippen molar-refractivity contribution in [2.24, 2.45) is 0 Å². The van der Waals surface area contributed by atoms with Crippen LogP contribution in [0.25, 0.3) is 10.9 Å². The van der Waals surface area contributed by atoms with E-state index in [-0.39, 0.29) is 23.3 Å². The molecule has 1 amide bonds. The number of para-hydroxylation sites is 3. The number of nitrogens with one attached hydrogen (secondary N) is 1. The van der Waals surface area contributed by atoms with E-state index in [4.69, 9.17) is 9.72 Å². The van der Waals surface area contributed by atoms with E-state index in [0.29, 0.717) is 34.1 Å². The van der Waals surface area contributed by atoms with Crippen molar-refractivity contribution in [1.82, 2.24) is 9.55 Å². The molecule has 4 rings (SSSR count). The van der Waals surface area contributed by atoms with Crippen LogP contribution < -0.4 is 15.6 Å². The fourth-order valence-corrected chi connectivity index (χ4v) is 4.75. The maximum Gasteiger partial charge on any atom is 0.262 e. The molecule has 0 unspecified atom stereocenters. The minimum Gasteiger partial charge on any atom is -0.492 e. The Kier molecular flexibility index (Phi) is 6.38. The molecule has 156 valence electrons. The summed E-state index contributed by atoms with van der Waals surface area (Å²) in [5.74, 6) is 0.649. The predicted octanol–water partition coefficient (Wildman–Crippen LogP) is 4.64. The zero-order valence-electron chi connectivity index (χ0n) is 17.0. The summed E-state index contributed by atoms with van der Waals surface area (Å²) >= 11 is 1.31. The van der Waals surface area contributed by atoms with Gasteiger partial charge in [0.15, 0.2) is 5.16 Å². The van der Waals surface area contributed by atoms with E-state index in [9.17, 15) is 9.59 Å². The van der Waals surface area contributed by atoms with Gasteiger partial charge in [0, 0.05) is 6.04 Å². The Morgan fingerprint density at radius 3 is 2.70 bits per heavy atom. The smallest absolute Gasteiger partial charge is 0.262 e. The van der Waals surface area contributed by atoms with Gasteiger partial charge < -0.3 is 10.1 Å². The van der Waals surface area contributed by atoms with E-state index in [2.05, 4.69) is 5.32 Å². The molecule has 3 aromatic rings. The van der Waals surface area contributed by atoms with Gasteiger partial charge in [0.1, 0.15) is 5.75 Å². The van der Waals surface area contributed by atoms with E-state index < -0.39 is 0 Å². The molecular weight excluding hydrogens is 398 g/mol. The van der Waals surface area contributed by atoms with Crippen LogP contribution in [0.4, 0.5) is 5.69 Å². The summed E-state index contributed by atoms with van der Waals surface area (Å²) in [4.78, 5) is 30.5. The highest BCUT2D eigenvalue weighted by molar-refractivity contribution is 7.99. The fourth-order valence-electron chi connectivity index (χ4n) is 3.88. The zero-order chi connectivity index (χ0) is 20.9. The van der Waals surface area contributed by atoms with E-state index in [1.165, 1.54) is 11.8 Å². The standard InChI is InChI=1S/C23H25N3O3S/c1-2-29-20-14-8-7-13-19(20)24-21(27)15-30-23-25-18-12-6-5-11-17(18)22(28)26(23)16-9-3-4-10-16/h5-8,11-14,16H,2-4,9-10,15H2,1H3,(H,24,27). The van der Waals surface area contributed by atoms with Crippen LogP contribution in [0.1, 0.15) is 38.6 Å². The number of carbonyl (C=O) groups is 1. The van der Waals surface area contributed by atoms with Crippen molar-refractivity contribution >= 4 is 34.3 Å². The lowest BCUT2D eigenvalue weighted by atomic mass is 10.2. The predicted molar refractivity (Wildman–Crippen MR) is 120 cm³/mol. The minimum atomic E-state index is -0.160. The molecule has 0 atom stereocenters. The molecule has 0 aliphatic heterocycles. The van der Waals surface area contributed by atoms with Crippen LogP contribution in [0.15, 0.2) is 58.5 Å². The van der Waals surface area contributed by atoms with Crippen molar-refractivity contribution in [2.75, 3.05) is 17.7 Å². The first-order chi connectivity index (χ1) is 14.7. The Balaban J connectivity index is 1.57. The summed E-state index contributed by atoms with van der Waals surface area (Å²) in [6.07, 6.45) is 4.17. The van der Waals surface area contributed by atoms with Crippen LogP contribution in [0.5, 0.6) is 5.75 Å². The molecule has 1 fully saturated rings. The normalized spacial score (nSPS) is 14.2. The molecule has 0 spiro atoms. The van der Waals surface area contributed by atoms with Crippen molar-refractivity contribution in [3.8, 4) is 5.75 Å². The van der Waals surface area contributed by atoms with E-state index in [1.54, 1.807) is 4.57 Å². The number of hydrogen-bond donors (Lipinski definition) is 1. The number of ether oxygens (including phenoxy) is 1. The molecule has 1 saturated carbocycles. The maximum atomic E-state index is 13.2. The van der Waals surface area contributed by atoms with Crippen molar-refractivity contribution < 1.29 is 9.53 Å². The minimum absolute atomic E-state index is 0.0166. The van der Waals surface area contributed by atoms with Crippen LogP contribution in [0, 0.1) is 0 Å². The number of benzene rings is 2. The van der Waals surface area contributed by atoms with Gasteiger partial charge in [-0.1, -0.05) is 48.9 Å². The van der Waals surface area contributed by atoms with Crippen LogP contribution in [0.2, 0.25) is 0 Å². The SMILES string of the molecule is CCOc1ccccc1NC(=O)CSc1nc2ccccc2c(=O)n1C1CCCC1. The number of aromatic nitrogens is 2. The average Bonchev–Trinajstić information content (AvgIpc) is 3.28. The van der Waals surface area contributed by atoms with Crippen molar-refractivity contribution in [3.63, 3.8) is 0 Å². The lowest BCUT2D eigenvalue weighted by Gasteiger charge is -2.18. The number of nitrogens with zero attached hydrogens (tertiary/aromatic N) is 2. The number of fused-ring (bicyclic) bond motifs is 1. The molecule has 1 aliphatic rings. The Morgan fingerprint density at radius 2 is 1.90 bits per heavy atom. The Bertz CT molecular complexity index is 1110. The monoisotopic (exact) mass is 423 g/mol. The lowest BCUT2D eigenvalue weighted by Crippen LogP contribution is -2.27. The van der Waals surface area contributed by atoms with E-state index in [1.807, 2.05) is 55.5 Å². The highest BCUT2D eigenvalue weighted by Gasteiger charge is 2.23. The van der Waals surface area contributed by atoms with Gasteiger partial charge in [0.25, 0.3) is 5.56 Å². The first-order valence-electron chi connectivity index (χ1n) is 10.3. The van der Waals surface area contributed by atoms with Gasteiger partial charge in [-0.2, -0.15) is 0 Å². The molecular formula is C23H25N3O3S. The molecule has 0 radical (unpaired) electrons. The van der Waals surface area contributed by atoms with Gasteiger partial charge in [0.2, 0.25) is 5.91 Å². The third-order valence-corrected chi connectivity index (χ3v) is 6.21. The average molecular weight is 424 g/mol. The molecule has 6 nitrogen and oxygen atoms in total. The second kappa shape index (κ2) is 9.34. The van der Waals surface area contributed by atoms with Gasteiger partial charge in [-0.15, -0.1) is 0 Å². The highest BCUT2D eigenvalue weighted by Crippen LogP contribution is 2.32. The quantitative estimate of drug-likeness (QED) is 0.443. The summed E-state index contributed by atoms with van der Waals surface area (Å²) < 4.78 is 7.38. The van der Waals surface area contributed by atoms with Crippen LogP contribution in [-0.4, -0.2) is 27.8 Å². The van der Waals surface area contributed by atoms with E-state index >= 15 is 0 Å². The van der Waals surface area contributed by atoms with Gasteiger partial charge in [-0.05, 0) is 44.0 Å². The van der Waals surface area contributed by atoms with E-state index in [0.717, 1.165) is 25.7 Å². The largest absolute Gasteiger partial charge is 0.492 e. The zero-order valence-corrected chi connectivity index (χ0v) is 17.8. The number of rotatable bonds is 7. The summed E-state index contributed by atoms with van der Waals surface area (Å²) in [6, 6.07) is 14.9. The van der Waals surface area contributed by atoms with Crippen molar-refractivity contribution in [2.45, 2.75) is 43.8 Å². The summed E-state index contributed by atoms with van der Waals surface area (Å²) in [5, 5.41) is 4.15. The Hall–Kier alpha value is -2.80. The summed E-state index contributed by atoms with van der Waals surface area (Å²) in [5.41, 5.74) is 1.29. The topological polar surface area (TPSA) is 73.2 Å². The van der Waals surface area contributed by atoms with Gasteiger partial charge in [0.05, 0.1) is 29.0 Å². The molecule has 1 aliphatic carbocycles. The number of amides is 1. The van der Waals surface area contributed by atoms with Crippen LogP contribution in [-0.2, 0) is 4.79 Å². The summed E-state index contributed by atoms with van der Waals surface area (Å²) in [6.45, 7) is 2.43. The second-order valence-corrected chi connectivity index (χ2v) is 8.23. The third kappa shape index (κ3) is 4.36. The molecule has 1 heterocycles. The van der Waals surface area contributed by atoms with Crippen LogP contribution >= 0.6 is 11.8 Å². The molecule has 1 aromatic heterocycles. The molecule has 0 saturated heterocycles. The fraction of sp³-hybridized carbons (Fsp3) is 0.348.